The fraction of sp³-hybridized carbons (Fsp3) is 0.444. The Bertz CT molecular complexity index is 286. The van der Waals surface area contributed by atoms with E-state index in [1.54, 1.807) is 12.3 Å². The average Bonchev–Trinajstić information content (AvgIpc) is 2.86. The minimum absolute atomic E-state index is 0.409. The summed E-state index contributed by atoms with van der Waals surface area (Å²) < 4.78 is 0. The highest BCUT2D eigenvalue weighted by Crippen LogP contribution is 2.42. The highest BCUT2D eigenvalue weighted by atomic mass is 35.5. The first kappa shape index (κ1) is 8.02. The Kier molecular flexibility index (Phi) is 2.03. The molecule has 2 rings (SSSR count). The number of aromatic nitrogens is 1. The van der Waals surface area contributed by atoms with E-state index in [-0.39, 0.29) is 0 Å². The van der Waals surface area contributed by atoms with Crippen LogP contribution in [0.3, 0.4) is 0 Å². The number of nitrogens with zero attached hydrogens (tertiary/aromatic N) is 1. The Balaban J connectivity index is 2.25. The summed E-state index contributed by atoms with van der Waals surface area (Å²) in [5, 5.41) is 10.1. The van der Waals surface area contributed by atoms with Crippen molar-refractivity contribution in [2.75, 3.05) is 0 Å². The molecule has 12 heavy (non-hydrogen) atoms. The molecule has 64 valence electrons. The van der Waals surface area contributed by atoms with Gasteiger partial charge in [-0.1, -0.05) is 17.7 Å². The van der Waals surface area contributed by atoms with Crippen LogP contribution in [0.4, 0.5) is 0 Å². The van der Waals surface area contributed by atoms with Gasteiger partial charge in [-0.2, -0.15) is 0 Å². The van der Waals surface area contributed by atoms with Gasteiger partial charge in [0, 0.05) is 11.8 Å². The van der Waals surface area contributed by atoms with Crippen molar-refractivity contribution in [3.05, 3.63) is 29.0 Å². The highest BCUT2D eigenvalue weighted by Gasteiger charge is 2.31. The molecule has 3 heteroatoms. The topological polar surface area (TPSA) is 33.1 Å². The van der Waals surface area contributed by atoms with Crippen LogP contribution in [-0.2, 0) is 0 Å². The molecule has 1 aliphatic carbocycles. The predicted octanol–water partition coefficient (Wildman–Crippen LogP) is 2.18. The number of pyridine rings is 1. The lowest BCUT2D eigenvalue weighted by Crippen LogP contribution is -2.00. The lowest BCUT2D eigenvalue weighted by atomic mass is 10.1. The van der Waals surface area contributed by atoms with E-state index in [0.29, 0.717) is 11.1 Å². The van der Waals surface area contributed by atoms with Gasteiger partial charge in [0.15, 0.2) is 0 Å². The van der Waals surface area contributed by atoms with E-state index in [4.69, 9.17) is 11.6 Å². The van der Waals surface area contributed by atoms with Crippen LogP contribution in [0, 0.1) is 5.92 Å². The van der Waals surface area contributed by atoms with Gasteiger partial charge >= 0.3 is 0 Å². The summed E-state index contributed by atoms with van der Waals surface area (Å²) in [5.74, 6) is 0.409. The number of aliphatic hydroxyl groups is 1. The maximum Gasteiger partial charge on any atom is 0.134 e. The van der Waals surface area contributed by atoms with E-state index in [0.717, 1.165) is 18.4 Å². The van der Waals surface area contributed by atoms with Gasteiger partial charge in [-0.05, 0) is 24.8 Å². The minimum atomic E-state index is -0.411. The van der Waals surface area contributed by atoms with Crippen LogP contribution in [-0.4, -0.2) is 10.1 Å². The highest BCUT2D eigenvalue weighted by molar-refractivity contribution is 6.30. The number of halogens is 1. The second-order valence-electron chi connectivity index (χ2n) is 3.17. The van der Waals surface area contributed by atoms with Crippen LogP contribution in [0.5, 0.6) is 0 Å². The molecule has 1 aromatic rings. The summed E-state index contributed by atoms with van der Waals surface area (Å²) in [6.45, 7) is 0. The van der Waals surface area contributed by atoms with Gasteiger partial charge in [0.2, 0.25) is 0 Å². The second-order valence-corrected chi connectivity index (χ2v) is 3.52. The Labute approximate surface area is 76.2 Å². The van der Waals surface area contributed by atoms with Crippen molar-refractivity contribution < 1.29 is 5.11 Å². The van der Waals surface area contributed by atoms with Crippen LogP contribution in [0.2, 0.25) is 5.15 Å². The summed E-state index contributed by atoms with van der Waals surface area (Å²) in [7, 11) is 0. The lowest BCUT2D eigenvalue weighted by molar-refractivity contribution is 0.153. The van der Waals surface area contributed by atoms with Crippen LogP contribution in [0.15, 0.2) is 18.3 Å². The van der Waals surface area contributed by atoms with E-state index < -0.39 is 6.10 Å². The zero-order valence-corrected chi connectivity index (χ0v) is 7.33. The molecule has 1 N–H and O–H groups in total. The van der Waals surface area contributed by atoms with Gasteiger partial charge in [0.1, 0.15) is 5.15 Å². The Morgan fingerprint density at radius 3 is 2.92 bits per heavy atom. The Morgan fingerprint density at radius 1 is 1.58 bits per heavy atom. The molecule has 1 aromatic heterocycles. The standard InChI is InChI=1S/C9H10ClNO/c10-9-7(2-1-5-11-9)8(12)6-3-4-6/h1-2,5-6,8,12H,3-4H2/t8-/m1/s1. The second kappa shape index (κ2) is 3.04. The smallest absolute Gasteiger partial charge is 0.134 e. The third-order valence-electron chi connectivity index (χ3n) is 2.18. The van der Waals surface area contributed by atoms with Gasteiger partial charge in [0.05, 0.1) is 6.10 Å². The molecule has 0 aromatic carbocycles. The molecule has 1 saturated carbocycles. The summed E-state index contributed by atoms with van der Waals surface area (Å²) in [4.78, 5) is 3.92. The first-order valence-corrected chi connectivity index (χ1v) is 4.45. The molecule has 2 nitrogen and oxygen atoms in total. The number of rotatable bonds is 2. The van der Waals surface area contributed by atoms with Crippen LogP contribution >= 0.6 is 11.6 Å². The summed E-state index contributed by atoms with van der Waals surface area (Å²) >= 11 is 5.82. The molecule has 0 spiro atoms. The molecular formula is C9H10ClNO. The number of hydrogen-bond donors (Lipinski definition) is 1. The van der Waals surface area contributed by atoms with E-state index in [2.05, 4.69) is 4.98 Å². The molecule has 0 unspecified atom stereocenters. The van der Waals surface area contributed by atoms with Gasteiger partial charge in [-0.3, -0.25) is 0 Å². The first-order valence-electron chi connectivity index (χ1n) is 4.07. The molecule has 1 aliphatic rings. The quantitative estimate of drug-likeness (QED) is 0.713. The van der Waals surface area contributed by atoms with Crippen molar-refractivity contribution in [2.24, 2.45) is 5.92 Å². The molecule has 0 aliphatic heterocycles. The maximum absolute atomic E-state index is 9.72. The van der Waals surface area contributed by atoms with Crippen molar-refractivity contribution in [2.45, 2.75) is 18.9 Å². The van der Waals surface area contributed by atoms with Crippen LogP contribution in [0.1, 0.15) is 24.5 Å². The third-order valence-corrected chi connectivity index (χ3v) is 2.49. The SMILES string of the molecule is O[C@@H](c1cccnc1Cl)C1CC1. The third kappa shape index (κ3) is 1.45. The van der Waals surface area contributed by atoms with Crippen molar-refractivity contribution in [3.63, 3.8) is 0 Å². The van der Waals surface area contributed by atoms with E-state index in [9.17, 15) is 5.11 Å². The monoisotopic (exact) mass is 183 g/mol. The predicted molar refractivity (Wildman–Crippen MR) is 46.9 cm³/mol. The lowest BCUT2D eigenvalue weighted by Gasteiger charge is -2.09. The van der Waals surface area contributed by atoms with Crippen LogP contribution < -0.4 is 0 Å². The number of aliphatic hydroxyl groups excluding tert-OH is 1. The fourth-order valence-electron chi connectivity index (χ4n) is 1.28. The zero-order valence-electron chi connectivity index (χ0n) is 6.57. The zero-order chi connectivity index (χ0) is 8.55. The number of hydrogen-bond acceptors (Lipinski definition) is 2. The molecule has 0 saturated heterocycles. The van der Waals surface area contributed by atoms with Gasteiger partial charge in [0.25, 0.3) is 0 Å². The maximum atomic E-state index is 9.72. The fourth-order valence-corrected chi connectivity index (χ4v) is 1.52. The largest absolute Gasteiger partial charge is 0.388 e. The van der Waals surface area contributed by atoms with Gasteiger partial charge in [-0.25, -0.2) is 4.98 Å². The molecular weight excluding hydrogens is 174 g/mol. The van der Waals surface area contributed by atoms with Gasteiger partial charge < -0.3 is 5.11 Å². The summed E-state index contributed by atoms with van der Waals surface area (Å²) in [6, 6.07) is 3.63. The van der Waals surface area contributed by atoms with E-state index in [1.807, 2.05) is 6.07 Å². The van der Waals surface area contributed by atoms with E-state index in [1.165, 1.54) is 0 Å². The van der Waals surface area contributed by atoms with Crippen molar-refractivity contribution in [3.8, 4) is 0 Å². The van der Waals surface area contributed by atoms with Crippen molar-refractivity contribution in [1.29, 1.82) is 0 Å². The molecule has 0 amide bonds. The van der Waals surface area contributed by atoms with Crippen molar-refractivity contribution in [1.82, 2.24) is 4.98 Å². The molecule has 0 bridgehead atoms. The van der Waals surface area contributed by atoms with Crippen LogP contribution in [0.25, 0.3) is 0 Å². The molecule has 1 fully saturated rings. The van der Waals surface area contributed by atoms with E-state index >= 15 is 0 Å². The first-order chi connectivity index (χ1) is 5.79. The average molecular weight is 184 g/mol. The molecule has 1 atom stereocenters. The summed E-state index contributed by atoms with van der Waals surface area (Å²) in [5.41, 5.74) is 0.765. The van der Waals surface area contributed by atoms with Gasteiger partial charge in [-0.15, -0.1) is 0 Å². The molecule has 0 radical (unpaired) electrons. The van der Waals surface area contributed by atoms with Crippen molar-refractivity contribution >= 4 is 11.6 Å². The minimum Gasteiger partial charge on any atom is -0.388 e. The molecule has 1 heterocycles. The Morgan fingerprint density at radius 2 is 2.33 bits per heavy atom. The Hall–Kier alpha value is -0.600. The normalized spacial score (nSPS) is 19.2. The summed E-state index contributed by atoms with van der Waals surface area (Å²) in [6.07, 6.45) is 3.43.